The second-order valence-electron chi connectivity index (χ2n) is 2.56. The normalized spacial score (nSPS) is 47.6. The second kappa shape index (κ2) is 2.28. The Labute approximate surface area is 54.5 Å². The first-order chi connectivity index (χ1) is 3.72. The lowest BCUT2D eigenvalue weighted by Crippen LogP contribution is -2.11. The molecule has 0 bridgehead atoms. The van der Waals surface area contributed by atoms with Crippen molar-refractivity contribution < 1.29 is 5.11 Å². The van der Waals surface area contributed by atoms with Crippen molar-refractivity contribution in [2.24, 2.45) is 11.8 Å². The molecule has 1 fully saturated rings. The summed E-state index contributed by atoms with van der Waals surface area (Å²) in [4.78, 5) is 0. The molecule has 0 saturated carbocycles. The van der Waals surface area contributed by atoms with Crippen molar-refractivity contribution >= 4 is 11.8 Å². The van der Waals surface area contributed by atoms with E-state index >= 15 is 0 Å². The van der Waals surface area contributed by atoms with E-state index in [1.807, 2.05) is 0 Å². The van der Waals surface area contributed by atoms with Gasteiger partial charge in [-0.15, -0.1) is 11.8 Å². The summed E-state index contributed by atoms with van der Waals surface area (Å²) < 4.78 is 0. The van der Waals surface area contributed by atoms with Crippen molar-refractivity contribution in [3.05, 3.63) is 0 Å². The molecule has 0 aromatic heterocycles. The fraction of sp³-hybridized carbons (Fsp3) is 1.00. The number of aliphatic hydroxyl groups excluding tert-OH is 1. The standard InChI is InChI=1S/C6H12OS/c1-4-3-8-6(7)5(4)2/h4-7H,3H2,1-2H3/t4?,5?,6-/m0/s1. The Morgan fingerprint density at radius 3 is 2.25 bits per heavy atom. The predicted molar refractivity (Wildman–Crippen MR) is 36.8 cm³/mol. The van der Waals surface area contributed by atoms with E-state index in [1.165, 1.54) is 0 Å². The summed E-state index contributed by atoms with van der Waals surface area (Å²) in [7, 11) is 0. The van der Waals surface area contributed by atoms with Gasteiger partial charge in [0.25, 0.3) is 0 Å². The average molecular weight is 132 g/mol. The van der Waals surface area contributed by atoms with E-state index in [0.29, 0.717) is 11.8 Å². The van der Waals surface area contributed by atoms with Crippen LogP contribution in [-0.4, -0.2) is 16.3 Å². The highest BCUT2D eigenvalue weighted by Crippen LogP contribution is 2.34. The van der Waals surface area contributed by atoms with Gasteiger partial charge in [-0.3, -0.25) is 0 Å². The minimum Gasteiger partial charge on any atom is -0.382 e. The van der Waals surface area contributed by atoms with E-state index in [9.17, 15) is 0 Å². The summed E-state index contributed by atoms with van der Waals surface area (Å²) in [5, 5.41) is 9.13. The maximum atomic E-state index is 9.13. The number of thioether (sulfide) groups is 1. The first kappa shape index (κ1) is 6.43. The Kier molecular flexibility index (Phi) is 1.83. The summed E-state index contributed by atoms with van der Waals surface area (Å²) in [6.07, 6.45) is 0. The molecule has 0 spiro atoms. The molecule has 1 aliphatic rings. The molecular formula is C6H12OS. The van der Waals surface area contributed by atoms with Crippen molar-refractivity contribution in [3.8, 4) is 0 Å². The summed E-state index contributed by atoms with van der Waals surface area (Å²) >= 11 is 1.67. The third kappa shape index (κ3) is 1.00. The van der Waals surface area contributed by atoms with Gasteiger partial charge in [0.2, 0.25) is 0 Å². The fourth-order valence-corrected chi connectivity index (χ4v) is 2.21. The van der Waals surface area contributed by atoms with Gasteiger partial charge < -0.3 is 5.11 Å². The molecule has 0 aliphatic carbocycles. The quantitative estimate of drug-likeness (QED) is 0.536. The fourth-order valence-electron chi connectivity index (χ4n) is 0.835. The van der Waals surface area contributed by atoms with Crippen LogP contribution in [0.1, 0.15) is 13.8 Å². The first-order valence-corrected chi connectivity index (χ1v) is 4.06. The van der Waals surface area contributed by atoms with Gasteiger partial charge in [-0.25, -0.2) is 0 Å². The lowest BCUT2D eigenvalue weighted by molar-refractivity contribution is 0.186. The van der Waals surface area contributed by atoms with Crippen LogP contribution in [0.15, 0.2) is 0 Å². The molecule has 3 atom stereocenters. The van der Waals surface area contributed by atoms with Gasteiger partial charge in [0.15, 0.2) is 0 Å². The van der Waals surface area contributed by atoms with Gasteiger partial charge >= 0.3 is 0 Å². The first-order valence-electron chi connectivity index (χ1n) is 3.01. The van der Waals surface area contributed by atoms with Crippen molar-refractivity contribution in [2.75, 3.05) is 5.75 Å². The average Bonchev–Trinajstić information content (AvgIpc) is 1.98. The Balaban J connectivity index is 2.44. The second-order valence-corrected chi connectivity index (χ2v) is 3.71. The van der Waals surface area contributed by atoms with Gasteiger partial charge in [0, 0.05) is 0 Å². The van der Waals surface area contributed by atoms with Gasteiger partial charge in [-0.2, -0.15) is 0 Å². The third-order valence-electron chi connectivity index (χ3n) is 1.88. The van der Waals surface area contributed by atoms with Crippen LogP contribution in [0.25, 0.3) is 0 Å². The van der Waals surface area contributed by atoms with Crippen LogP contribution in [0.4, 0.5) is 0 Å². The molecule has 0 radical (unpaired) electrons. The molecule has 1 heterocycles. The maximum Gasteiger partial charge on any atom is 0.102 e. The summed E-state index contributed by atoms with van der Waals surface area (Å²) in [6.45, 7) is 4.29. The monoisotopic (exact) mass is 132 g/mol. The Morgan fingerprint density at radius 2 is 2.12 bits per heavy atom. The lowest BCUT2D eigenvalue weighted by Gasteiger charge is -2.09. The molecule has 2 unspecified atom stereocenters. The minimum atomic E-state index is -0.0926. The molecule has 1 rings (SSSR count). The van der Waals surface area contributed by atoms with Gasteiger partial charge in [0.05, 0.1) is 0 Å². The number of hydrogen-bond acceptors (Lipinski definition) is 2. The van der Waals surface area contributed by atoms with E-state index in [1.54, 1.807) is 11.8 Å². The largest absolute Gasteiger partial charge is 0.382 e. The maximum absolute atomic E-state index is 9.13. The smallest absolute Gasteiger partial charge is 0.102 e. The topological polar surface area (TPSA) is 20.2 Å². The lowest BCUT2D eigenvalue weighted by atomic mass is 10.00. The molecule has 48 valence electrons. The van der Waals surface area contributed by atoms with E-state index in [0.717, 1.165) is 5.75 Å². The molecule has 2 heteroatoms. The Bertz CT molecular complexity index is 74.6. The summed E-state index contributed by atoms with van der Waals surface area (Å²) in [5.41, 5.74) is -0.0926. The highest BCUT2D eigenvalue weighted by molar-refractivity contribution is 8.00. The van der Waals surface area contributed by atoms with E-state index < -0.39 is 0 Å². The van der Waals surface area contributed by atoms with Crippen LogP contribution in [-0.2, 0) is 0 Å². The highest BCUT2D eigenvalue weighted by atomic mass is 32.2. The summed E-state index contributed by atoms with van der Waals surface area (Å²) in [6, 6.07) is 0. The molecule has 0 aromatic rings. The zero-order chi connectivity index (χ0) is 6.15. The number of hydrogen-bond donors (Lipinski definition) is 1. The van der Waals surface area contributed by atoms with E-state index in [2.05, 4.69) is 13.8 Å². The third-order valence-corrected chi connectivity index (χ3v) is 3.37. The van der Waals surface area contributed by atoms with Crippen molar-refractivity contribution in [1.82, 2.24) is 0 Å². The van der Waals surface area contributed by atoms with E-state index in [-0.39, 0.29) is 5.44 Å². The molecular weight excluding hydrogens is 120 g/mol. The number of aliphatic hydroxyl groups is 1. The van der Waals surface area contributed by atoms with Gasteiger partial charge in [-0.05, 0) is 17.6 Å². The van der Waals surface area contributed by atoms with Crippen molar-refractivity contribution in [2.45, 2.75) is 19.3 Å². The van der Waals surface area contributed by atoms with Crippen LogP contribution < -0.4 is 0 Å². The highest BCUT2D eigenvalue weighted by Gasteiger charge is 2.27. The zero-order valence-corrected chi connectivity index (χ0v) is 6.11. The predicted octanol–water partition coefficient (Wildman–Crippen LogP) is 1.32. The van der Waals surface area contributed by atoms with Crippen molar-refractivity contribution in [1.29, 1.82) is 0 Å². The van der Waals surface area contributed by atoms with Crippen LogP contribution in [0, 0.1) is 11.8 Å². The SMILES string of the molecule is CC1CS[C@H](O)C1C. The summed E-state index contributed by atoms with van der Waals surface area (Å²) in [5.74, 6) is 2.33. The molecule has 0 aromatic carbocycles. The Morgan fingerprint density at radius 1 is 1.50 bits per heavy atom. The molecule has 0 amide bonds. The van der Waals surface area contributed by atoms with Crippen molar-refractivity contribution in [3.63, 3.8) is 0 Å². The van der Waals surface area contributed by atoms with Crippen LogP contribution in [0.3, 0.4) is 0 Å². The minimum absolute atomic E-state index is 0.0926. The molecule has 1 N–H and O–H groups in total. The van der Waals surface area contributed by atoms with Gasteiger partial charge in [-0.1, -0.05) is 13.8 Å². The van der Waals surface area contributed by atoms with Crippen LogP contribution in [0.5, 0.6) is 0 Å². The Hall–Kier alpha value is 0.310. The zero-order valence-electron chi connectivity index (χ0n) is 5.29. The van der Waals surface area contributed by atoms with E-state index in [4.69, 9.17) is 5.11 Å². The van der Waals surface area contributed by atoms with Gasteiger partial charge in [0.1, 0.15) is 5.44 Å². The molecule has 8 heavy (non-hydrogen) atoms. The van der Waals surface area contributed by atoms with Crippen LogP contribution in [0.2, 0.25) is 0 Å². The molecule has 1 aliphatic heterocycles. The molecule has 1 nitrogen and oxygen atoms in total. The van der Waals surface area contributed by atoms with Crippen LogP contribution >= 0.6 is 11.8 Å². The number of rotatable bonds is 0. The molecule has 1 saturated heterocycles.